The van der Waals surface area contributed by atoms with Crippen molar-refractivity contribution in [2.24, 2.45) is 0 Å². The fourth-order valence-electron chi connectivity index (χ4n) is 7.35. The van der Waals surface area contributed by atoms with Crippen LogP contribution in [0, 0.1) is 6.07 Å². The van der Waals surface area contributed by atoms with Crippen LogP contribution in [0.25, 0.3) is 72.1 Å². The van der Waals surface area contributed by atoms with E-state index in [1.165, 1.54) is 66.4 Å². The zero-order chi connectivity index (χ0) is 30.8. The second kappa shape index (κ2) is 11.3. The van der Waals surface area contributed by atoms with Gasteiger partial charge in [-0.1, -0.05) is 98.8 Å². The summed E-state index contributed by atoms with van der Waals surface area (Å²) in [5.74, 6) is 0. The molecule has 0 amide bonds. The molecule has 6 aromatic carbocycles. The molecular weight excluding hydrogens is 749 g/mol. The van der Waals surface area contributed by atoms with Crippen LogP contribution in [-0.4, -0.2) is 9.55 Å². The molecule has 0 N–H and O–H groups in total. The van der Waals surface area contributed by atoms with Crippen LogP contribution >= 0.6 is 0 Å². The van der Waals surface area contributed by atoms with E-state index in [1.54, 1.807) is 0 Å². The number of pyridine rings is 1. The number of nitrogens with zero attached hydrogens (tertiary/aromatic N) is 2. The van der Waals surface area contributed by atoms with Crippen LogP contribution in [-0.2, 0) is 25.5 Å². The van der Waals surface area contributed by atoms with Crippen LogP contribution in [0.1, 0.15) is 25.0 Å². The Morgan fingerprint density at radius 3 is 1.94 bits per heavy atom. The Hall–Kier alpha value is -5.08. The first-order chi connectivity index (χ1) is 22.6. The zero-order valence-electron chi connectivity index (χ0n) is 26.2. The van der Waals surface area contributed by atoms with Crippen molar-refractivity contribution < 1.29 is 20.1 Å². The molecule has 2 aromatic heterocycles. The van der Waals surface area contributed by atoms with E-state index in [0.717, 1.165) is 16.8 Å². The van der Waals surface area contributed by atoms with Crippen LogP contribution < -0.4 is 0 Å². The molecule has 0 atom stereocenters. The van der Waals surface area contributed by atoms with Crippen molar-refractivity contribution in [1.29, 1.82) is 0 Å². The van der Waals surface area contributed by atoms with Gasteiger partial charge in [0.05, 0.1) is 16.7 Å². The standard InChI is InChI=1S/C44H31N2.Ir/c1-44(2)38-27-33(31-16-11-17-34(24-31)40-18-9-10-23-45-40)20-22-42(38)46-41-21-19-32(29-12-5-3-6-13-29)25-36(41)37-26-35(28-39(44)43(37)46)30-14-7-4-8-15-30;/h3-16,18-28H,1-2H3;/q-1;. The van der Waals surface area contributed by atoms with E-state index in [9.17, 15) is 0 Å². The maximum absolute atomic E-state index is 4.57. The summed E-state index contributed by atoms with van der Waals surface area (Å²) < 4.78 is 2.51. The molecule has 9 rings (SSSR count). The number of rotatable bonds is 4. The van der Waals surface area contributed by atoms with Gasteiger partial charge in [-0.3, -0.25) is 0 Å². The molecule has 47 heavy (non-hydrogen) atoms. The van der Waals surface area contributed by atoms with Gasteiger partial charge in [-0.2, -0.15) is 0 Å². The predicted molar refractivity (Wildman–Crippen MR) is 191 cm³/mol. The van der Waals surface area contributed by atoms with E-state index in [4.69, 9.17) is 0 Å². The summed E-state index contributed by atoms with van der Waals surface area (Å²) in [6, 6.07) is 56.0. The Morgan fingerprint density at radius 1 is 0.553 bits per heavy atom. The van der Waals surface area contributed by atoms with Crippen molar-refractivity contribution in [3.63, 3.8) is 0 Å². The van der Waals surface area contributed by atoms with Crippen molar-refractivity contribution in [2.75, 3.05) is 0 Å². The monoisotopic (exact) mass is 780 g/mol. The van der Waals surface area contributed by atoms with Crippen molar-refractivity contribution in [1.82, 2.24) is 9.55 Å². The maximum atomic E-state index is 4.57. The van der Waals surface area contributed by atoms with Gasteiger partial charge in [0.1, 0.15) is 0 Å². The third kappa shape index (κ3) is 4.69. The number of aromatic nitrogens is 2. The molecule has 0 bridgehead atoms. The second-order valence-electron chi connectivity index (χ2n) is 12.8. The zero-order valence-corrected chi connectivity index (χ0v) is 28.6. The average Bonchev–Trinajstić information content (AvgIpc) is 3.45. The van der Waals surface area contributed by atoms with Crippen molar-refractivity contribution in [3.05, 3.63) is 169 Å². The molecule has 0 aliphatic carbocycles. The molecular formula is C44H31IrN2-. The minimum atomic E-state index is -0.230. The van der Waals surface area contributed by atoms with E-state index < -0.39 is 0 Å². The summed E-state index contributed by atoms with van der Waals surface area (Å²) in [6.45, 7) is 4.77. The van der Waals surface area contributed by atoms with Gasteiger partial charge < -0.3 is 9.55 Å². The molecule has 2 nitrogen and oxygen atoms in total. The van der Waals surface area contributed by atoms with Gasteiger partial charge in [-0.15, -0.1) is 35.4 Å². The largest absolute Gasteiger partial charge is 0.309 e. The van der Waals surface area contributed by atoms with Crippen molar-refractivity contribution >= 4 is 21.8 Å². The molecule has 8 aromatic rings. The number of fused-ring (bicyclic) bond motifs is 5. The first-order valence-electron chi connectivity index (χ1n) is 15.9. The first-order valence-corrected chi connectivity index (χ1v) is 15.9. The van der Waals surface area contributed by atoms with Crippen LogP contribution in [0.3, 0.4) is 0 Å². The number of hydrogen-bond acceptors (Lipinski definition) is 1. The number of hydrogen-bond donors (Lipinski definition) is 0. The maximum Gasteiger partial charge on any atom is 0.0582 e. The van der Waals surface area contributed by atoms with Crippen molar-refractivity contribution in [2.45, 2.75) is 19.3 Å². The van der Waals surface area contributed by atoms with E-state index in [-0.39, 0.29) is 25.5 Å². The number of benzene rings is 6. The van der Waals surface area contributed by atoms with Gasteiger partial charge in [-0.25, -0.2) is 0 Å². The third-order valence-corrected chi connectivity index (χ3v) is 9.74. The summed E-state index contributed by atoms with van der Waals surface area (Å²) in [4.78, 5) is 4.57. The van der Waals surface area contributed by atoms with E-state index in [2.05, 4.69) is 151 Å². The molecule has 0 spiro atoms. The second-order valence-corrected chi connectivity index (χ2v) is 12.8. The fourth-order valence-corrected chi connectivity index (χ4v) is 7.35. The van der Waals surface area contributed by atoms with Gasteiger partial charge in [0.25, 0.3) is 0 Å². The van der Waals surface area contributed by atoms with Crippen LogP contribution in [0.5, 0.6) is 0 Å². The minimum absolute atomic E-state index is 0. The van der Waals surface area contributed by atoms with Gasteiger partial charge in [-0.05, 0) is 87.1 Å². The third-order valence-electron chi connectivity index (χ3n) is 9.74. The summed E-state index contributed by atoms with van der Waals surface area (Å²) in [5, 5.41) is 2.58. The molecule has 0 saturated carbocycles. The normalized spacial score (nSPS) is 12.9. The Kier molecular flexibility index (Phi) is 7.06. The van der Waals surface area contributed by atoms with E-state index in [0.29, 0.717) is 0 Å². The molecule has 0 saturated heterocycles. The van der Waals surface area contributed by atoms with Gasteiger partial charge in [0, 0.05) is 42.5 Å². The molecule has 1 aliphatic heterocycles. The predicted octanol–water partition coefficient (Wildman–Crippen LogP) is 11.3. The summed E-state index contributed by atoms with van der Waals surface area (Å²) >= 11 is 0. The van der Waals surface area contributed by atoms with Crippen LogP contribution in [0.2, 0.25) is 0 Å². The summed E-state index contributed by atoms with van der Waals surface area (Å²) in [6.07, 6.45) is 1.84. The van der Waals surface area contributed by atoms with Crippen LogP contribution in [0.15, 0.2) is 152 Å². The first kappa shape index (κ1) is 29.3. The SMILES string of the molecule is CC1(C)c2cc(-c3cc[c-]c(-c4ccccn4)c3)ccc2-n2c3ccc(-c4ccccc4)cc3c3cc(-c4ccccc4)cc1c32.[Ir]. The Balaban J connectivity index is 0.00000324. The molecule has 1 aliphatic rings. The molecule has 1 radical (unpaired) electrons. The topological polar surface area (TPSA) is 17.8 Å². The average molecular weight is 780 g/mol. The molecule has 3 heteroatoms. The van der Waals surface area contributed by atoms with Crippen molar-refractivity contribution in [3.8, 4) is 50.3 Å². The Labute approximate surface area is 288 Å². The smallest absolute Gasteiger partial charge is 0.0582 e. The molecule has 3 heterocycles. The van der Waals surface area contributed by atoms with Gasteiger partial charge in [0.2, 0.25) is 0 Å². The summed E-state index contributed by atoms with van der Waals surface area (Å²) in [5.41, 5.74) is 15.5. The molecule has 227 valence electrons. The van der Waals surface area contributed by atoms with E-state index >= 15 is 0 Å². The Bertz CT molecular complexity index is 2420. The fraction of sp³-hybridized carbons (Fsp3) is 0.0682. The van der Waals surface area contributed by atoms with Gasteiger partial charge >= 0.3 is 0 Å². The molecule has 0 unspecified atom stereocenters. The molecule has 0 fully saturated rings. The van der Waals surface area contributed by atoms with Gasteiger partial charge in [0.15, 0.2) is 0 Å². The Morgan fingerprint density at radius 2 is 1.19 bits per heavy atom. The quantitative estimate of drug-likeness (QED) is 0.163. The minimum Gasteiger partial charge on any atom is -0.309 e. The summed E-state index contributed by atoms with van der Waals surface area (Å²) in [7, 11) is 0. The van der Waals surface area contributed by atoms with Crippen LogP contribution in [0.4, 0.5) is 0 Å². The van der Waals surface area contributed by atoms with E-state index in [1.807, 2.05) is 30.5 Å².